The van der Waals surface area contributed by atoms with Crippen molar-refractivity contribution in [3.05, 3.63) is 59.9 Å². The van der Waals surface area contributed by atoms with Gasteiger partial charge in [-0.25, -0.2) is 27.8 Å². The Labute approximate surface area is 197 Å². The predicted octanol–water partition coefficient (Wildman–Crippen LogP) is 3.15. The Kier molecular flexibility index (Phi) is 5.90. The van der Waals surface area contributed by atoms with Crippen LogP contribution in [0.25, 0.3) is 11.3 Å². The summed E-state index contributed by atoms with van der Waals surface area (Å²) in [6.07, 6.45) is 7.59. The molecule has 2 fully saturated rings. The third-order valence-electron chi connectivity index (χ3n) is 5.96. The second-order valence-electron chi connectivity index (χ2n) is 8.53. The molecule has 0 unspecified atom stereocenters. The summed E-state index contributed by atoms with van der Waals surface area (Å²) in [6.45, 7) is 2.63. The highest BCUT2D eigenvalue weighted by Crippen LogP contribution is 2.45. The van der Waals surface area contributed by atoms with Crippen molar-refractivity contribution in [2.45, 2.75) is 49.9 Å². The number of hydrogen-bond acceptors (Lipinski definition) is 8. The van der Waals surface area contributed by atoms with Gasteiger partial charge in [0.1, 0.15) is 5.82 Å². The van der Waals surface area contributed by atoms with Gasteiger partial charge in [-0.2, -0.15) is 0 Å². The number of halogens is 1. The molecule has 9 nitrogen and oxygen atoms in total. The van der Waals surface area contributed by atoms with Crippen LogP contribution in [0.2, 0.25) is 0 Å². The van der Waals surface area contributed by atoms with Crippen molar-refractivity contribution in [2.75, 3.05) is 11.3 Å². The first-order chi connectivity index (χ1) is 16.4. The molecule has 2 aliphatic carbocycles. The number of ether oxygens (including phenoxy) is 1. The number of sulfonamides is 1. The van der Waals surface area contributed by atoms with Crippen molar-refractivity contribution < 1.29 is 17.5 Å². The molecular formula is C23H25FN6O3S. The molecule has 0 amide bonds. The first kappa shape index (κ1) is 22.6. The molecule has 2 aromatic heterocycles. The van der Waals surface area contributed by atoms with E-state index in [-0.39, 0.29) is 17.0 Å². The summed E-state index contributed by atoms with van der Waals surface area (Å²) in [4.78, 5) is 16.9. The van der Waals surface area contributed by atoms with Gasteiger partial charge in [0, 0.05) is 23.9 Å². The van der Waals surface area contributed by atoms with Gasteiger partial charge in [-0.3, -0.25) is 9.71 Å². The summed E-state index contributed by atoms with van der Waals surface area (Å²) < 4.78 is 47.2. The van der Waals surface area contributed by atoms with Crippen LogP contribution >= 0.6 is 0 Å². The van der Waals surface area contributed by atoms with Crippen molar-refractivity contribution in [3.8, 4) is 17.1 Å². The molecule has 0 atom stereocenters. The van der Waals surface area contributed by atoms with E-state index in [4.69, 9.17) is 4.74 Å². The Bertz CT molecular complexity index is 1310. The largest absolute Gasteiger partial charge is 0.477 e. The highest BCUT2D eigenvalue weighted by atomic mass is 32.2. The molecule has 0 bridgehead atoms. The molecule has 5 rings (SSSR count). The Morgan fingerprint density at radius 3 is 2.71 bits per heavy atom. The summed E-state index contributed by atoms with van der Waals surface area (Å²) >= 11 is 0. The fraction of sp³-hybridized carbons (Fsp3) is 0.391. The maximum Gasteiger partial charge on any atom is 0.237 e. The molecule has 2 N–H and O–H groups in total. The molecule has 0 aliphatic heterocycles. The van der Waals surface area contributed by atoms with Gasteiger partial charge in [-0.1, -0.05) is 12.1 Å². The van der Waals surface area contributed by atoms with Crippen LogP contribution < -0.4 is 14.8 Å². The normalized spacial score (nSPS) is 16.8. The maximum atomic E-state index is 14.9. The second-order valence-corrected chi connectivity index (χ2v) is 10.5. The van der Waals surface area contributed by atoms with Crippen LogP contribution in [0.5, 0.6) is 5.88 Å². The van der Waals surface area contributed by atoms with Gasteiger partial charge in [0.25, 0.3) is 0 Å². The fourth-order valence-corrected chi connectivity index (χ4v) is 5.01. The Morgan fingerprint density at radius 2 is 2.00 bits per heavy atom. The van der Waals surface area contributed by atoms with E-state index in [1.165, 1.54) is 12.3 Å². The zero-order chi connectivity index (χ0) is 23.8. The monoisotopic (exact) mass is 484 g/mol. The number of anilines is 1. The van der Waals surface area contributed by atoms with Gasteiger partial charge in [0.05, 0.1) is 41.2 Å². The average Bonchev–Trinajstić information content (AvgIpc) is 3.73. The van der Waals surface area contributed by atoms with Crippen LogP contribution in [0.3, 0.4) is 0 Å². The van der Waals surface area contributed by atoms with Crippen LogP contribution in [0, 0.1) is 5.82 Å². The highest BCUT2D eigenvalue weighted by molar-refractivity contribution is 7.93. The van der Waals surface area contributed by atoms with Crippen molar-refractivity contribution in [1.82, 2.24) is 25.3 Å². The standard InChI is InChI=1S/C23H25FN6O3S/c1-2-33-21-14-25-13-19(28-21)15-3-4-16(18(24)11-15)12-27-23(8-9-23)20-7-10-26-22(29-20)30-34(31,32)17-5-6-17/h3-4,7,10-11,13-14,17,27H,2,5-6,8-9,12H2,1H3,(H,26,29,30). The van der Waals surface area contributed by atoms with E-state index in [1.807, 2.05) is 6.92 Å². The number of nitrogens with zero attached hydrogens (tertiary/aromatic N) is 4. The SMILES string of the molecule is CCOc1cncc(-c2ccc(CNC3(c4ccnc(NS(=O)(=O)C5CC5)n4)CC3)c(F)c2)n1. The molecule has 0 spiro atoms. The van der Waals surface area contributed by atoms with Crippen LogP contribution in [-0.4, -0.2) is 40.2 Å². The van der Waals surface area contributed by atoms with Crippen molar-refractivity contribution in [3.63, 3.8) is 0 Å². The third kappa shape index (κ3) is 4.85. The molecule has 0 radical (unpaired) electrons. The van der Waals surface area contributed by atoms with Gasteiger partial charge in [-0.15, -0.1) is 0 Å². The predicted molar refractivity (Wildman–Crippen MR) is 124 cm³/mol. The maximum absolute atomic E-state index is 14.9. The van der Waals surface area contributed by atoms with Crippen LogP contribution in [0.4, 0.5) is 10.3 Å². The smallest absolute Gasteiger partial charge is 0.237 e. The Balaban J connectivity index is 1.28. The van der Waals surface area contributed by atoms with E-state index in [1.54, 1.807) is 30.6 Å². The number of rotatable bonds is 10. The molecule has 34 heavy (non-hydrogen) atoms. The Hall–Kier alpha value is -3.18. The van der Waals surface area contributed by atoms with Gasteiger partial charge >= 0.3 is 0 Å². The number of hydrogen-bond donors (Lipinski definition) is 2. The zero-order valence-corrected chi connectivity index (χ0v) is 19.5. The van der Waals surface area contributed by atoms with E-state index in [9.17, 15) is 12.8 Å². The Morgan fingerprint density at radius 1 is 1.18 bits per heavy atom. The van der Waals surface area contributed by atoms with Crippen molar-refractivity contribution in [1.29, 1.82) is 0 Å². The van der Waals surface area contributed by atoms with Gasteiger partial charge in [0.15, 0.2) is 0 Å². The number of nitrogens with one attached hydrogen (secondary N) is 2. The highest BCUT2D eigenvalue weighted by Gasteiger charge is 2.45. The van der Waals surface area contributed by atoms with Crippen LogP contribution in [-0.2, 0) is 22.1 Å². The molecule has 11 heteroatoms. The molecular weight excluding hydrogens is 459 g/mol. The molecule has 0 saturated heterocycles. The lowest BCUT2D eigenvalue weighted by atomic mass is 10.1. The molecule has 2 heterocycles. The fourth-order valence-electron chi connectivity index (χ4n) is 3.73. The first-order valence-electron chi connectivity index (χ1n) is 11.2. The minimum atomic E-state index is -3.44. The van der Waals surface area contributed by atoms with Gasteiger partial charge in [0.2, 0.25) is 21.9 Å². The zero-order valence-electron chi connectivity index (χ0n) is 18.7. The average molecular weight is 485 g/mol. The summed E-state index contributed by atoms with van der Waals surface area (Å²) in [6, 6.07) is 6.72. The van der Waals surface area contributed by atoms with Crippen LogP contribution in [0.15, 0.2) is 42.9 Å². The van der Waals surface area contributed by atoms with E-state index >= 15 is 0 Å². The minimum Gasteiger partial charge on any atom is -0.477 e. The lowest BCUT2D eigenvalue weighted by Gasteiger charge is -2.18. The van der Waals surface area contributed by atoms with E-state index in [0.29, 0.717) is 54.4 Å². The molecule has 178 valence electrons. The summed E-state index contributed by atoms with van der Waals surface area (Å²) in [7, 11) is -3.44. The molecule has 1 aromatic carbocycles. The van der Waals surface area contributed by atoms with Crippen molar-refractivity contribution in [2.24, 2.45) is 0 Å². The van der Waals surface area contributed by atoms with E-state index < -0.39 is 15.6 Å². The quantitative estimate of drug-likeness (QED) is 0.450. The lowest BCUT2D eigenvalue weighted by Crippen LogP contribution is -2.30. The first-order valence-corrected chi connectivity index (χ1v) is 12.8. The topological polar surface area (TPSA) is 119 Å². The van der Waals surface area contributed by atoms with E-state index in [2.05, 4.69) is 30.0 Å². The second kappa shape index (κ2) is 8.88. The van der Waals surface area contributed by atoms with Gasteiger partial charge < -0.3 is 10.1 Å². The molecule has 3 aromatic rings. The summed E-state index contributed by atoms with van der Waals surface area (Å²) in [5.41, 5.74) is 1.92. The lowest BCUT2D eigenvalue weighted by molar-refractivity contribution is 0.325. The third-order valence-corrected chi connectivity index (χ3v) is 7.78. The van der Waals surface area contributed by atoms with Gasteiger partial charge in [-0.05, 0) is 44.7 Å². The minimum absolute atomic E-state index is 0.0726. The molecule has 2 aliphatic rings. The number of aromatic nitrogens is 4. The summed E-state index contributed by atoms with van der Waals surface area (Å²) in [5, 5.41) is 3.04. The van der Waals surface area contributed by atoms with E-state index in [0.717, 1.165) is 12.8 Å². The number of benzene rings is 1. The van der Waals surface area contributed by atoms with Crippen LogP contribution in [0.1, 0.15) is 43.9 Å². The molecule has 2 saturated carbocycles. The van der Waals surface area contributed by atoms with Crippen molar-refractivity contribution >= 4 is 16.0 Å². The summed E-state index contributed by atoms with van der Waals surface area (Å²) in [5.74, 6) is 0.110.